The average molecular weight is 202 g/mol. The fourth-order valence-corrected chi connectivity index (χ4v) is 1.19. The second kappa shape index (κ2) is 3.72. The van der Waals surface area contributed by atoms with Crippen LogP contribution in [0.2, 0.25) is 5.02 Å². The highest BCUT2D eigenvalue weighted by Gasteiger charge is 2.13. The molecule has 1 aromatic rings. The average Bonchev–Trinajstić information content (AvgIpc) is 2.03. The van der Waals surface area contributed by atoms with Crippen molar-refractivity contribution < 1.29 is 10.0 Å². The third kappa shape index (κ3) is 2.17. The van der Waals surface area contributed by atoms with Crippen LogP contribution in [0.3, 0.4) is 0 Å². The monoisotopic (exact) mass is 201 g/mol. The van der Waals surface area contributed by atoms with Crippen molar-refractivity contribution in [2.75, 3.05) is 0 Å². The molecule has 0 spiro atoms. The summed E-state index contributed by atoms with van der Waals surface area (Å²) in [6.07, 6.45) is -0.668. The van der Waals surface area contributed by atoms with Crippen molar-refractivity contribution in [2.45, 2.75) is 13.0 Å². The van der Waals surface area contributed by atoms with E-state index in [1.54, 1.807) is 6.92 Å². The molecule has 70 valence electrons. The van der Waals surface area contributed by atoms with Crippen molar-refractivity contribution >= 4 is 17.3 Å². The highest BCUT2D eigenvalue weighted by molar-refractivity contribution is 6.32. The van der Waals surface area contributed by atoms with Crippen molar-refractivity contribution in [3.8, 4) is 0 Å². The quantitative estimate of drug-likeness (QED) is 0.590. The Kier molecular flexibility index (Phi) is 2.85. The third-order valence-corrected chi connectivity index (χ3v) is 1.95. The van der Waals surface area contributed by atoms with Crippen molar-refractivity contribution in [3.05, 3.63) is 38.9 Å². The number of nitro benzene ring substituents is 1. The minimum absolute atomic E-state index is 0.0448. The van der Waals surface area contributed by atoms with E-state index in [1.165, 1.54) is 18.2 Å². The number of benzene rings is 1. The normalized spacial score (nSPS) is 12.5. The van der Waals surface area contributed by atoms with Crippen LogP contribution in [0, 0.1) is 10.1 Å². The van der Waals surface area contributed by atoms with Gasteiger partial charge in [-0.1, -0.05) is 11.6 Å². The van der Waals surface area contributed by atoms with Gasteiger partial charge in [-0.05, 0) is 24.6 Å². The van der Waals surface area contributed by atoms with Crippen LogP contribution in [0.25, 0.3) is 0 Å². The first kappa shape index (κ1) is 9.95. The van der Waals surface area contributed by atoms with Gasteiger partial charge in [0.05, 0.1) is 11.0 Å². The van der Waals surface area contributed by atoms with Gasteiger partial charge in [0.1, 0.15) is 5.02 Å². The molecule has 1 rings (SSSR count). The van der Waals surface area contributed by atoms with Crippen LogP contribution in [0.15, 0.2) is 18.2 Å². The van der Waals surface area contributed by atoms with Gasteiger partial charge in [0.2, 0.25) is 0 Å². The molecule has 1 aromatic carbocycles. The molecule has 0 saturated carbocycles. The van der Waals surface area contributed by atoms with Crippen LogP contribution in [0.5, 0.6) is 0 Å². The first-order valence-electron chi connectivity index (χ1n) is 3.64. The standard InChI is InChI=1S/C8H8ClNO3/c1-5(11)6-2-3-8(10(12)13)7(9)4-6/h2-5,11H,1H3/t5-/m1/s1. The summed E-state index contributed by atoms with van der Waals surface area (Å²) in [5.74, 6) is 0. The van der Waals surface area contributed by atoms with E-state index in [4.69, 9.17) is 16.7 Å². The number of aliphatic hydroxyl groups excluding tert-OH is 1. The molecule has 1 atom stereocenters. The van der Waals surface area contributed by atoms with Gasteiger partial charge in [-0.15, -0.1) is 0 Å². The van der Waals surface area contributed by atoms with Gasteiger partial charge >= 0.3 is 0 Å². The maximum absolute atomic E-state index is 10.4. The third-order valence-electron chi connectivity index (χ3n) is 1.65. The summed E-state index contributed by atoms with van der Waals surface area (Å²) in [4.78, 5) is 9.80. The Labute approximate surface area is 79.9 Å². The van der Waals surface area contributed by atoms with E-state index in [0.29, 0.717) is 5.56 Å². The summed E-state index contributed by atoms with van der Waals surface area (Å²) in [7, 11) is 0. The molecule has 0 aliphatic carbocycles. The zero-order valence-corrected chi connectivity index (χ0v) is 7.65. The van der Waals surface area contributed by atoms with Crippen LogP contribution in [-0.4, -0.2) is 10.0 Å². The van der Waals surface area contributed by atoms with Gasteiger partial charge in [0.15, 0.2) is 0 Å². The Morgan fingerprint density at radius 2 is 2.23 bits per heavy atom. The minimum atomic E-state index is -0.668. The number of nitrogens with zero attached hydrogens (tertiary/aromatic N) is 1. The van der Waals surface area contributed by atoms with Gasteiger partial charge in [-0.2, -0.15) is 0 Å². The Morgan fingerprint density at radius 1 is 1.62 bits per heavy atom. The molecule has 0 aliphatic rings. The zero-order chi connectivity index (χ0) is 10.0. The molecule has 0 heterocycles. The molecule has 13 heavy (non-hydrogen) atoms. The Morgan fingerprint density at radius 3 is 2.62 bits per heavy atom. The van der Waals surface area contributed by atoms with E-state index in [-0.39, 0.29) is 10.7 Å². The fourth-order valence-electron chi connectivity index (χ4n) is 0.931. The van der Waals surface area contributed by atoms with E-state index in [9.17, 15) is 10.1 Å². The lowest BCUT2D eigenvalue weighted by Gasteiger charge is -2.04. The zero-order valence-electron chi connectivity index (χ0n) is 6.90. The molecule has 5 heteroatoms. The number of hydrogen-bond acceptors (Lipinski definition) is 3. The Hall–Kier alpha value is -1.13. The number of rotatable bonds is 2. The summed E-state index contributed by atoms with van der Waals surface area (Å²) in [6, 6.07) is 4.16. The van der Waals surface area contributed by atoms with E-state index >= 15 is 0 Å². The van der Waals surface area contributed by atoms with Gasteiger partial charge in [0, 0.05) is 6.07 Å². The summed E-state index contributed by atoms with van der Waals surface area (Å²) in [6.45, 7) is 1.57. The van der Waals surface area contributed by atoms with Gasteiger partial charge in [-0.3, -0.25) is 10.1 Å². The lowest BCUT2D eigenvalue weighted by molar-refractivity contribution is -0.384. The van der Waals surface area contributed by atoms with Crippen LogP contribution < -0.4 is 0 Å². The fraction of sp³-hybridized carbons (Fsp3) is 0.250. The number of hydrogen-bond donors (Lipinski definition) is 1. The number of aliphatic hydroxyl groups is 1. The SMILES string of the molecule is C[C@@H](O)c1ccc([N+](=O)[O-])c(Cl)c1. The maximum atomic E-state index is 10.4. The van der Waals surface area contributed by atoms with Crippen molar-refractivity contribution in [1.82, 2.24) is 0 Å². The van der Waals surface area contributed by atoms with Crippen LogP contribution in [-0.2, 0) is 0 Å². The molecule has 0 aromatic heterocycles. The lowest BCUT2D eigenvalue weighted by Crippen LogP contribution is -1.93. The predicted octanol–water partition coefficient (Wildman–Crippen LogP) is 2.30. The predicted molar refractivity (Wildman–Crippen MR) is 48.7 cm³/mol. The number of nitro groups is 1. The van der Waals surface area contributed by atoms with Gasteiger partial charge in [0.25, 0.3) is 5.69 Å². The van der Waals surface area contributed by atoms with Crippen LogP contribution >= 0.6 is 11.6 Å². The highest BCUT2D eigenvalue weighted by Crippen LogP contribution is 2.27. The summed E-state index contributed by atoms with van der Waals surface area (Å²) in [5, 5.41) is 19.6. The first-order valence-corrected chi connectivity index (χ1v) is 4.02. The molecule has 1 N–H and O–H groups in total. The summed E-state index contributed by atoms with van der Waals surface area (Å²) < 4.78 is 0. The Bertz CT molecular complexity index is 338. The van der Waals surface area contributed by atoms with Gasteiger partial charge in [-0.25, -0.2) is 0 Å². The molecule has 0 fully saturated rings. The molecule has 0 radical (unpaired) electrons. The first-order chi connectivity index (χ1) is 6.02. The minimum Gasteiger partial charge on any atom is -0.389 e. The summed E-state index contributed by atoms with van der Waals surface area (Å²) >= 11 is 5.62. The van der Waals surface area contributed by atoms with Crippen LogP contribution in [0.1, 0.15) is 18.6 Å². The largest absolute Gasteiger partial charge is 0.389 e. The lowest BCUT2D eigenvalue weighted by atomic mass is 10.1. The van der Waals surface area contributed by atoms with Crippen LogP contribution in [0.4, 0.5) is 5.69 Å². The molecule has 0 amide bonds. The molecule has 4 nitrogen and oxygen atoms in total. The molecule has 0 aliphatic heterocycles. The molecular formula is C8H8ClNO3. The number of halogens is 1. The molecule has 0 bridgehead atoms. The Balaban J connectivity index is 3.13. The smallest absolute Gasteiger partial charge is 0.287 e. The van der Waals surface area contributed by atoms with E-state index < -0.39 is 11.0 Å². The van der Waals surface area contributed by atoms with Crippen molar-refractivity contribution in [3.63, 3.8) is 0 Å². The molecule has 0 saturated heterocycles. The second-order valence-electron chi connectivity index (χ2n) is 2.64. The van der Waals surface area contributed by atoms with Gasteiger partial charge < -0.3 is 5.11 Å². The molecule has 0 unspecified atom stereocenters. The highest BCUT2D eigenvalue weighted by atomic mass is 35.5. The molecular weight excluding hydrogens is 194 g/mol. The van der Waals surface area contributed by atoms with Crippen molar-refractivity contribution in [2.24, 2.45) is 0 Å². The second-order valence-corrected chi connectivity index (χ2v) is 3.05. The summed E-state index contributed by atoms with van der Waals surface area (Å²) in [5.41, 5.74) is 0.418. The topological polar surface area (TPSA) is 63.4 Å². The maximum Gasteiger partial charge on any atom is 0.287 e. The van der Waals surface area contributed by atoms with Crippen molar-refractivity contribution in [1.29, 1.82) is 0 Å². The van der Waals surface area contributed by atoms with E-state index in [2.05, 4.69) is 0 Å². The van der Waals surface area contributed by atoms with E-state index in [1.807, 2.05) is 0 Å². The van der Waals surface area contributed by atoms with E-state index in [0.717, 1.165) is 0 Å².